The lowest BCUT2D eigenvalue weighted by Crippen LogP contribution is -2.08. The van der Waals surface area contributed by atoms with Crippen molar-refractivity contribution in [3.05, 3.63) is 0 Å². The molecule has 0 fully saturated rings. The van der Waals surface area contributed by atoms with Gasteiger partial charge >= 0.3 is 0 Å². The summed E-state index contributed by atoms with van der Waals surface area (Å²) < 4.78 is 42.1. The molecule has 0 rings (SSSR count). The topological polar surface area (TPSA) is 74.3 Å². The van der Waals surface area contributed by atoms with Crippen molar-refractivity contribution < 1.29 is 17.2 Å². The highest BCUT2D eigenvalue weighted by Gasteiger charge is 2.05. The summed E-state index contributed by atoms with van der Waals surface area (Å²) in [6.45, 7) is 1.61. The molecule has 0 saturated heterocycles. The zero-order chi connectivity index (χ0) is 10.3. The van der Waals surface area contributed by atoms with Crippen LogP contribution in [0.25, 0.3) is 0 Å². The van der Waals surface area contributed by atoms with Crippen LogP contribution in [0.15, 0.2) is 0 Å². The Balaban J connectivity index is 3.42. The molecule has 0 aromatic carbocycles. The Bertz CT molecular complexity index is 245. The lowest BCUT2D eigenvalue weighted by Gasteiger charge is -2.04. The van der Waals surface area contributed by atoms with Crippen LogP contribution in [0.4, 0.5) is 0 Å². The quantitative estimate of drug-likeness (QED) is 0.468. The summed E-state index contributed by atoms with van der Waals surface area (Å²) in [6.07, 6.45) is 1.77. The Hall–Kier alpha value is 0.0600. The number of rotatable bonds is 7. The summed E-state index contributed by atoms with van der Waals surface area (Å²) in [5, 5.41) is 0. The van der Waals surface area contributed by atoms with E-state index in [1.54, 1.807) is 6.92 Å². The van der Waals surface area contributed by atoms with E-state index in [0.717, 1.165) is 0 Å². The molecule has 0 bridgehead atoms. The molecule has 80 valence electrons. The second kappa shape index (κ2) is 6.50. The van der Waals surface area contributed by atoms with Gasteiger partial charge in [-0.25, -0.2) is 8.42 Å². The first-order valence-corrected chi connectivity index (χ1v) is 7.31. The minimum atomic E-state index is -2.87. The van der Waals surface area contributed by atoms with Gasteiger partial charge in [-0.15, -0.1) is 0 Å². The van der Waals surface area contributed by atoms with E-state index in [2.05, 4.69) is 0 Å². The van der Waals surface area contributed by atoms with Crippen molar-refractivity contribution in [3.8, 4) is 0 Å². The Kier molecular flexibility index (Phi) is 6.53. The number of hydrogen-bond acceptors (Lipinski definition) is 4. The van der Waals surface area contributed by atoms with Crippen LogP contribution >= 0.6 is 0 Å². The molecule has 0 radical (unpaired) electrons. The van der Waals surface area contributed by atoms with Crippen molar-refractivity contribution >= 4 is 20.9 Å². The molecule has 1 unspecified atom stereocenters. The monoisotopic (exact) mass is 227 g/mol. The fourth-order valence-corrected chi connectivity index (χ4v) is 2.24. The van der Waals surface area contributed by atoms with Crippen LogP contribution in [0, 0.1) is 0 Å². The van der Waals surface area contributed by atoms with Crippen LogP contribution in [0.2, 0.25) is 0 Å². The van der Waals surface area contributed by atoms with Gasteiger partial charge in [0.2, 0.25) is 0 Å². The summed E-state index contributed by atoms with van der Waals surface area (Å²) in [6, 6.07) is 0. The van der Waals surface area contributed by atoms with Gasteiger partial charge in [-0.05, 0) is 12.8 Å². The smallest absolute Gasteiger partial charge is 0.150 e. The number of unbranched alkanes of at least 4 members (excludes halogenated alkanes) is 2. The molecule has 0 aliphatic carbocycles. The van der Waals surface area contributed by atoms with E-state index in [-0.39, 0.29) is 17.3 Å². The molecule has 4 nitrogen and oxygen atoms in total. The molecule has 0 heterocycles. The van der Waals surface area contributed by atoms with Crippen molar-refractivity contribution in [2.75, 3.05) is 17.3 Å². The Morgan fingerprint density at radius 2 is 1.85 bits per heavy atom. The van der Waals surface area contributed by atoms with Crippen LogP contribution in [-0.4, -0.2) is 34.4 Å². The molecule has 0 saturated carbocycles. The second-order valence-corrected chi connectivity index (χ2v) is 6.29. The minimum Gasteiger partial charge on any atom is -0.772 e. The minimum absolute atomic E-state index is 0.131. The van der Waals surface area contributed by atoms with Crippen molar-refractivity contribution in [3.63, 3.8) is 0 Å². The van der Waals surface area contributed by atoms with E-state index in [0.29, 0.717) is 19.3 Å². The Labute approximate surface area is 81.9 Å². The maximum absolute atomic E-state index is 11.0. The van der Waals surface area contributed by atoms with E-state index in [1.807, 2.05) is 0 Å². The van der Waals surface area contributed by atoms with E-state index >= 15 is 0 Å². The fourth-order valence-electron chi connectivity index (χ4n) is 0.863. The summed E-state index contributed by atoms with van der Waals surface area (Å²) in [7, 11) is -2.87. The molecule has 0 aliphatic rings. The van der Waals surface area contributed by atoms with Crippen molar-refractivity contribution in [1.29, 1.82) is 0 Å². The normalized spacial score (nSPS) is 14.3. The number of hydrogen-bond donors (Lipinski definition) is 0. The Morgan fingerprint density at radius 1 is 1.23 bits per heavy atom. The molecule has 0 aliphatic heterocycles. The van der Waals surface area contributed by atoms with Gasteiger partial charge in [0.15, 0.2) is 0 Å². The highest BCUT2D eigenvalue weighted by atomic mass is 32.2. The van der Waals surface area contributed by atoms with E-state index in [4.69, 9.17) is 0 Å². The highest BCUT2D eigenvalue weighted by molar-refractivity contribution is 7.91. The lowest BCUT2D eigenvalue weighted by molar-refractivity contribution is 0.533. The van der Waals surface area contributed by atoms with Crippen LogP contribution in [0.1, 0.15) is 26.2 Å². The molecule has 0 aromatic rings. The molecule has 0 amide bonds. The zero-order valence-corrected chi connectivity index (χ0v) is 9.33. The molecule has 13 heavy (non-hydrogen) atoms. The third kappa shape index (κ3) is 8.39. The predicted molar refractivity (Wildman–Crippen MR) is 52.0 cm³/mol. The van der Waals surface area contributed by atoms with Gasteiger partial charge in [-0.1, -0.05) is 24.4 Å². The first kappa shape index (κ1) is 13.1. The zero-order valence-electron chi connectivity index (χ0n) is 7.69. The average molecular weight is 227 g/mol. The predicted octanol–water partition coefficient (Wildman–Crippen LogP) is 0.471. The van der Waals surface area contributed by atoms with Gasteiger partial charge < -0.3 is 4.55 Å². The summed E-state index contributed by atoms with van der Waals surface area (Å²) in [4.78, 5) is 0. The van der Waals surface area contributed by atoms with Gasteiger partial charge in [0.05, 0.1) is 5.75 Å². The third-order valence-electron chi connectivity index (χ3n) is 1.71. The van der Waals surface area contributed by atoms with E-state index in [1.165, 1.54) is 0 Å². The molecule has 0 N–H and O–H groups in total. The highest BCUT2D eigenvalue weighted by Crippen LogP contribution is 2.00. The molecule has 6 heteroatoms. The molecular formula is C7H15O4S2-. The van der Waals surface area contributed by atoms with Crippen LogP contribution < -0.4 is 0 Å². The van der Waals surface area contributed by atoms with Crippen LogP contribution in [-0.2, 0) is 20.9 Å². The largest absolute Gasteiger partial charge is 0.772 e. The Morgan fingerprint density at radius 3 is 2.31 bits per heavy atom. The van der Waals surface area contributed by atoms with Crippen molar-refractivity contribution in [2.45, 2.75) is 26.2 Å². The van der Waals surface area contributed by atoms with Gasteiger partial charge in [-0.2, -0.15) is 0 Å². The SMILES string of the molecule is CCS(=O)(=O)CCCCCS(=O)[O-]. The summed E-state index contributed by atoms with van der Waals surface area (Å²) >= 11 is -1.99. The van der Waals surface area contributed by atoms with E-state index in [9.17, 15) is 17.2 Å². The first-order valence-electron chi connectivity index (χ1n) is 4.24. The summed E-state index contributed by atoms with van der Waals surface area (Å²) in [5.74, 6) is 0.474. The van der Waals surface area contributed by atoms with Gasteiger partial charge in [0.1, 0.15) is 9.84 Å². The molecule has 1 atom stereocenters. The van der Waals surface area contributed by atoms with Gasteiger partial charge in [-0.3, -0.25) is 4.21 Å². The molecule has 0 spiro atoms. The maximum Gasteiger partial charge on any atom is 0.150 e. The third-order valence-corrected chi connectivity index (χ3v) is 4.12. The molecular weight excluding hydrogens is 212 g/mol. The first-order chi connectivity index (χ1) is 5.98. The second-order valence-electron chi connectivity index (χ2n) is 2.80. The lowest BCUT2D eigenvalue weighted by atomic mass is 10.3. The standard InChI is InChI=1S/C7H16O4S2/c1-2-13(10,11)7-5-3-4-6-12(8)9/h2-7H2,1H3,(H,8,9)/p-1. The van der Waals surface area contributed by atoms with Crippen molar-refractivity contribution in [2.24, 2.45) is 0 Å². The maximum atomic E-state index is 11.0. The average Bonchev–Trinajstić information content (AvgIpc) is 2.03. The van der Waals surface area contributed by atoms with E-state index < -0.39 is 20.9 Å². The number of sulfone groups is 1. The molecule has 0 aromatic heterocycles. The van der Waals surface area contributed by atoms with Gasteiger partial charge in [0, 0.05) is 11.5 Å². The summed E-state index contributed by atoms with van der Waals surface area (Å²) in [5.41, 5.74) is 0. The van der Waals surface area contributed by atoms with Crippen molar-refractivity contribution in [1.82, 2.24) is 0 Å². The van der Waals surface area contributed by atoms with Crippen LogP contribution in [0.5, 0.6) is 0 Å². The van der Waals surface area contributed by atoms with Crippen LogP contribution in [0.3, 0.4) is 0 Å². The fraction of sp³-hybridized carbons (Fsp3) is 1.00. The van der Waals surface area contributed by atoms with Gasteiger partial charge in [0.25, 0.3) is 0 Å².